The first-order valence-electron chi connectivity index (χ1n) is 4.06. The summed E-state index contributed by atoms with van der Waals surface area (Å²) in [6.07, 6.45) is 0. The predicted octanol–water partition coefficient (Wildman–Crippen LogP) is 1.62. The molecular weight excluding hydrogens is 188 g/mol. The maximum Gasteiger partial charge on any atom is 0.239 e. The molecule has 0 unspecified atom stereocenters. The van der Waals surface area contributed by atoms with Gasteiger partial charge in [0.1, 0.15) is 6.61 Å². The fourth-order valence-electron chi connectivity index (χ4n) is 1.13. The molecule has 0 radical (unpaired) electrons. The molecule has 0 aliphatic carbocycles. The van der Waals surface area contributed by atoms with Crippen LogP contribution < -0.4 is 5.43 Å². The van der Waals surface area contributed by atoms with E-state index in [1.165, 1.54) is 0 Å². The Morgan fingerprint density at radius 2 is 2.23 bits per heavy atom. The number of nitrogens with zero attached hydrogens (tertiary/aromatic N) is 1. The second-order valence-electron chi connectivity index (χ2n) is 2.65. The Hall–Kier alpha value is -1.22. The second-order valence-corrected chi connectivity index (χ2v) is 3.06. The molecule has 1 heterocycles. The molecule has 1 aliphatic heterocycles. The molecule has 1 aromatic carbocycles. The van der Waals surface area contributed by atoms with Crippen LogP contribution in [0.15, 0.2) is 29.4 Å². The zero-order valence-corrected chi connectivity index (χ0v) is 7.71. The number of hydrogen-bond donors (Lipinski definition) is 1. The number of halogens is 1. The lowest BCUT2D eigenvalue weighted by atomic mass is 10.2. The smallest absolute Gasteiger partial charge is 0.239 e. The Morgan fingerprint density at radius 1 is 1.38 bits per heavy atom. The molecule has 0 atom stereocenters. The number of hydrazone groups is 1. The van der Waals surface area contributed by atoms with Crippen molar-refractivity contribution in [1.82, 2.24) is 5.43 Å². The highest BCUT2D eigenvalue weighted by atomic mass is 35.5. The van der Waals surface area contributed by atoms with E-state index in [0.717, 1.165) is 12.1 Å². The van der Waals surface area contributed by atoms with E-state index in [9.17, 15) is 0 Å². The van der Waals surface area contributed by atoms with Gasteiger partial charge in [0, 0.05) is 0 Å². The zero-order valence-electron chi connectivity index (χ0n) is 6.96. The van der Waals surface area contributed by atoms with Gasteiger partial charge in [0.05, 0.1) is 17.1 Å². The Labute approximate surface area is 81.4 Å². The molecule has 4 heteroatoms. The minimum Gasteiger partial charge on any atom is -0.474 e. The first-order chi connectivity index (χ1) is 6.38. The summed E-state index contributed by atoms with van der Waals surface area (Å²) < 4.78 is 5.35. The van der Waals surface area contributed by atoms with Crippen molar-refractivity contribution in [1.29, 1.82) is 0 Å². The lowest BCUT2D eigenvalue weighted by molar-refractivity contribution is 0.279. The van der Waals surface area contributed by atoms with Crippen molar-refractivity contribution in [3.63, 3.8) is 0 Å². The highest BCUT2D eigenvalue weighted by Crippen LogP contribution is 2.16. The molecular formula is C9H9ClN2O. The summed E-state index contributed by atoms with van der Waals surface area (Å²) in [5, 5.41) is 4.68. The highest BCUT2D eigenvalue weighted by Gasteiger charge is 2.11. The van der Waals surface area contributed by atoms with Crippen LogP contribution in [0.4, 0.5) is 0 Å². The van der Waals surface area contributed by atoms with Crippen molar-refractivity contribution in [3.05, 3.63) is 34.9 Å². The van der Waals surface area contributed by atoms with Gasteiger partial charge in [0.15, 0.2) is 0 Å². The largest absolute Gasteiger partial charge is 0.474 e. The summed E-state index contributed by atoms with van der Waals surface area (Å²) in [5.74, 6) is 0.567. The Morgan fingerprint density at radius 3 is 2.92 bits per heavy atom. The minimum absolute atomic E-state index is 0.567. The molecule has 0 aromatic heterocycles. The van der Waals surface area contributed by atoms with Crippen LogP contribution in [0.2, 0.25) is 5.02 Å². The number of benzene rings is 1. The van der Waals surface area contributed by atoms with Gasteiger partial charge in [-0.1, -0.05) is 23.7 Å². The van der Waals surface area contributed by atoms with E-state index in [2.05, 4.69) is 10.5 Å². The molecule has 0 spiro atoms. The summed E-state index contributed by atoms with van der Waals surface area (Å²) in [4.78, 5) is 0. The van der Waals surface area contributed by atoms with Crippen molar-refractivity contribution in [3.8, 4) is 0 Å². The van der Waals surface area contributed by atoms with Crippen molar-refractivity contribution >= 4 is 17.5 Å². The van der Waals surface area contributed by atoms with Crippen molar-refractivity contribution in [2.24, 2.45) is 5.10 Å². The summed E-state index contributed by atoms with van der Waals surface area (Å²) in [7, 11) is 0. The number of hydrogen-bond acceptors (Lipinski definition) is 3. The third-order valence-corrected chi connectivity index (χ3v) is 2.07. The first kappa shape index (κ1) is 8.38. The summed E-state index contributed by atoms with van der Waals surface area (Å²) in [6.45, 7) is 1.37. The Kier molecular flexibility index (Phi) is 2.36. The monoisotopic (exact) mass is 196 g/mol. The molecule has 0 bridgehead atoms. The van der Waals surface area contributed by atoms with E-state index in [1.54, 1.807) is 0 Å². The third kappa shape index (κ3) is 1.75. The Bertz CT molecular complexity index is 338. The average molecular weight is 197 g/mol. The molecule has 0 saturated carbocycles. The number of rotatable bonds is 1. The topological polar surface area (TPSA) is 33.6 Å². The van der Waals surface area contributed by atoms with Crippen LogP contribution in [-0.2, 0) is 4.74 Å². The quantitative estimate of drug-likeness (QED) is 0.741. The van der Waals surface area contributed by atoms with Crippen molar-refractivity contribution < 1.29 is 4.74 Å². The molecule has 1 aromatic rings. The molecule has 3 nitrogen and oxygen atoms in total. The van der Waals surface area contributed by atoms with E-state index in [4.69, 9.17) is 16.3 Å². The third-order valence-electron chi connectivity index (χ3n) is 1.74. The van der Waals surface area contributed by atoms with E-state index in [0.29, 0.717) is 17.5 Å². The van der Waals surface area contributed by atoms with Gasteiger partial charge < -0.3 is 10.2 Å². The lowest BCUT2D eigenvalue weighted by Crippen LogP contribution is -2.26. The first-order valence-corrected chi connectivity index (χ1v) is 4.44. The van der Waals surface area contributed by atoms with Crippen LogP contribution in [0.5, 0.6) is 0 Å². The van der Waals surface area contributed by atoms with Gasteiger partial charge in [-0.3, -0.25) is 0 Å². The molecule has 2 rings (SSSR count). The fourth-order valence-corrected chi connectivity index (χ4v) is 1.34. The van der Waals surface area contributed by atoms with Gasteiger partial charge in [0.25, 0.3) is 0 Å². The van der Waals surface area contributed by atoms with Crippen LogP contribution in [0.1, 0.15) is 5.56 Å². The summed E-state index contributed by atoms with van der Waals surface area (Å²) in [6, 6.07) is 7.48. The molecule has 1 N–H and O–H groups in total. The number of nitrogens with one attached hydrogen (secondary N) is 1. The van der Waals surface area contributed by atoms with Crippen molar-refractivity contribution in [2.45, 2.75) is 0 Å². The van der Waals surface area contributed by atoms with E-state index < -0.39 is 0 Å². The van der Waals surface area contributed by atoms with Crippen LogP contribution in [-0.4, -0.2) is 19.0 Å². The SMILES string of the molecule is Clc1ccccc1C1=NNCCO1. The van der Waals surface area contributed by atoms with Gasteiger partial charge >= 0.3 is 0 Å². The van der Waals surface area contributed by atoms with Gasteiger partial charge in [-0.25, -0.2) is 0 Å². The predicted molar refractivity (Wildman–Crippen MR) is 51.9 cm³/mol. The summed E-state index contributed by atoms with van der Waals surface area (Å²) >= 11 is 5.97. The average Bonchev–Trinajstić information content (AvgIpc) is 2.20. The van der Waals surface area contributed by atoms with E-state index in [1.807, 2.05) is 24.3 Å². The van der Waals surface area contributed by atoms with Crippen molar-refractivity contribution in [2.75, 3.05) is 13.2 Å². The maximum absolute atomic E-state index is 5.97. The Balaban J connectivity index is 2.34. The fraction of sp³-hybridized carbons (Fsp3) is 0.222. The molecule has 0 amide bonds. The minimum atomic E-state index is 0.567. The maximum atomic E-state index is 5.97. The van der Waals surface area contributed by atoms with E-state index >= 15 is 0 Å². The molecule has 0 fully saturated rings. The molecule has 1 aliphatic rings. The van der Waals surface area contributed by atoms with Gasteiger partial charge in [0.2, 0.25) is 5.90 Å². The van der Waals surface area contributed by atoms with Gasteiger partial charge in [-0.05, 0) is 12.1 Å². The normalized spacial score (nSPS) is 15.6. The van der Waals surface area contributed by atoms with E-state index in [-0.39, 0.29) is 0 Å². The summed E-state index contributed by atoms with van der Waals surface area (Å²) in [5.41, 5.74) is 3.69. The van der Waals surface area contributed by atoms with Crippen LogP contribution in [0.25, 0.3) is 0 Å². The second kappa shape index (κ2) is 3.66. The standard InChI is InChI=1S/C9H9ClN2O/c10-8-4-2-1-3-7(8)9-12-11-5-6-13-9/h1-4,11H,5-6H2. The van der Waals surface area contributed by atoms with Gasteiger partial charge in [-0.2, -0.15) is 0 Å². The number of ether oxygens (including phenoxy) is 1. The molecule has 68 valence electrons. The zero-order chi connectivity index (χ0) is 9.10. The van der Waals surface area contributed by atoms with Crippen LogP contribution in [0, 0.1) is 0 Å². The molecule has 0 saturated heterocycles. The van der Waals surface area contributed by atoms with Crippen LogP contribution in [0.3, 0.4) is 0 Å². The highest BCUT2D eigenvalue weighted by molar-refractivity contribution is 6.33. The van der Waals surface area contributed by atoms with Gasteiger partial charge in [-0.15, -0.1) is 5.10 Å². The molecule has 13 heavy (non-hydrogen) atoms. The van der Waals surface area contributed by atoms with Crippen LogP contribution >= 0.6 is 11.6 Å². The lowest BCUT2D eigenvalue weighted by Gasteiger charge is -2.15.